The molecule has 90 heavy (non-hydrogen) atoms. The van der Waals surface area contributed by atoms with E-state index in [0.717, 1.165) is 62.5 Å². The predicted molar refractivity (Wildman–Crippen MR) is 387 cm³/mol. The van der Waals surface area contributed by atoms with Crippen molar-refractivity contribution in [3.63, 3.8) is 0 Å². The summed E-state index contributed by atoms with van der Waals surface area (Å²) in [4.78, 5) is 18.5. The first-order chi connectivity index (χ1) is 39.0. The molecular weight excluding hydrogens is 1110 g/mol. The molecule has 2 unspecified atom stereocenters. The summed E-state index contributed by atoms with van der Waals surface area (Å²) in [5, 5.41) is 35.3. The number of hydrogen-bond donors (Lipinski definition) is 2. The molecule has 2 aliphatic heterocycles. The Hall–Kier alpha value is -6.47. The van der Waals surface area contributed by atoms with Crippen LogP contribution in [0.25, 0.3) is 0 Å². The van der Waals surface area contributed by atoms with Gasteiger partial charge in [-0.15, -0.1) is 6.58 Å². The number of aliphatic hydroxyl groups excluding tert-OH is 1. The molecule has 0 bridgehead atoms. The van der Waals surface area contributed by atoms with Crippen molar-refractivity contribution >= 4 is 5.97 Å². The number of methoxy groups -OCH3 is 1. The Bertz CT molecular complexity index is 2800. The van der Waals surface area contributed by atoms with E-state index in [1.165, 1.54) is 41.9 Å². The standard InChI is InChI=1S/C23H30N2.C12H15NO2.C12H15N.C11H14O3.C9H19NO.C6H12.6CH4/c1-23(2,3)25-16-20-21(17-25)22(20)24(14-18-10-6-4-7-11-18)15-19-12-8-5-9-13-19;1-12(2,3)15-10-5-6-11(14-4)9(7-10)8-13;1-12(2,3)8-10-5-4-6-11(7-10)9-13;1-11(2,3)14-9-6-4-5-8(7-9)10(12)13;1-9(2,3)10-5-4-8(6-10)7-11;1-5-6(2,3)4;;;;;;/h4-13,20-22H,14-17H2,1-3H3;5-7H,1-4H3;4-7H,8H2,1-3H3;4-7H,1-3H3,(H,12,13);8,11H,4-7H2,1-3H3;5H,1H2,2-4H3;6*1H4/t20-,21+,22?;;;;;;;;;;;. The van der Waals surface area contributed by atoms with Gasteiger partial charge in [0.1, 0.15) is 34.5 Å². The van der Waals surface area contributed by atoms with Gasteiger partial charge in [0.05, 0.1) is 29.9 Å². The number of piperidine rings is 1. The molecule has 1 saturated carbocycles. The summed E-state index contributed by atoms with van der Waals surface area (Å²) in [5.41, 5.74) is 6.18. The molecule has 5 aromatic carbocycles. The Kier molecular flexibility index (Phi) is 40.4. The largest absolute Gasteiger partial charge is 0.495 e. The van der Waals surface area contributed by atoms with Gasteiger partial charge >= 0.3 is 5.97 Å². The topological polar surface area (TPSA) is 143 Å². The maximum Gasteiger partial charge on any atom is 0.335 e. The van der Waals surface area contributed by atoms with Crippen LogP contribution in [0.5, 0.6) is 17.2 Å². The van der Waals surface area contributed by atoms with Gasteiger partial charge < -0.3 is 24.4 Å². The highest BCUT2D eigenvalue weighted by Crippen LogP contribution is 2.51. The van der Waals surface area contributed by atoms with Crippen LogP contribution in [0.4, 0.5) is 0 Å². The van der Waals surface area contributed by atoms with Crippen molar-refractivity contribution in [2.45, 2.75) is 223 Å². The molecule has 1 aliphatic carbocycles. The van der Waals surface area contributed by atoms with E-state index >= 15 is 0 Å². The maximum absolute atomic E-state index is 10.7. The molecule has 3 fully saturated rings. The summed E-state index contributed by atoms with van der Waals surface area (Å²) in [6.45, 7) is 49.2. The lowest BCUT2D eigenvalue weighted by atomic mass is 9.88. The molecule has 0 spiro atoms. The molecule has 2 saturated heterocycles. The van der Waals surface area contributed by atoms with Gasteiger partial charge in [-0.1, -0.05) is 171 Å². The number of ether oxygens (including phenoxy) is 3. The Morgan fingerprint density at radius 3 is 1.42 bits per heavy atom. The Morgan fingerprint density at radius 2 is 1.06 bits per heavy atom. The number of aromatic carboxylic acids is 1. The van der Waals surface area contributed by atoms with Crippen molar-refractivity contribution in [1.29, 1.82) is 10.5 Å². The number of fused-ring (bicyclic) bond motifs is 1. The summed E-state index contributed by atoms with van der Waals surface area (Å²) in [6, 6.07) is 46.4. The normalized spacial score (nSPS) is 16.4. The zero-order chi connectivity index (χ0) is 63.3. The summed E-state index contributed by atoms with van der Waals surface area (Å²) >= 11 is 0. The molecule has 0 amide bonds. The number of likely N-dealkylation sites (tertiary alicyclic amines) is 2. The third-order valence-electron chi connectivity index (χ3n) is 14.1. The van der Waals surface area contributed by atoms with Crippen molar-refractivity contribution in [3.8, 4) is 29.4 Å². The average Bonchev–Trinajstić information content (AvgIpc) is 1.57. The molecule has 0 radical (unpaired) electrons. The van der Waals surface area contributed by atoms with E-state index in [1.54, 1.807) is 37.4 Å². The van der Waals surface area contributed by atoms with Crippen LogP contribution in [0.3, 0.4) is 0 Å². The number of benzene rings is 5. The van der Waals surface area contributed by atoms with Crippen LogP contribution in [-0.2, 0) is 19.5 Å². The molecule has 3 aliphatic rings. The van der Waals surface area contributed by atoms with E-state index in [-0.39, 0.29) is 72.3 Å². The third-order valence-corrected chi connectivity index (χ3v) is 14.1. The SMILES string of the molecule is C.C.C.C.C.C.C=CC(C)(C)C.CC(C)(C)Cc1cccc(C#N)c1.CC(C)(C)N1CCC(CO)C1.CC(C)(C)N1C[C@@H]2C(N(Cc3ccccc3)Cc3ccccc3)[C@@H]2C1.CC(C)(C)Oc1cccc(C(=O)O)c1.COc1ccc(OC(C)(C)C)cc1C#N. The fourth-order valence-corrected chi connectivity index (χ4v) is 9.68. The molecule has 2 N–H and O–H groups in total. The zero-order valence-corrected chi connectivity index (χ0v) is 54.8. The summed E-state index contributed by atoms with van der Waals surface area (Å²) < 4.78 is 16.2. The monoisotopic (exact) mass is 1240 g/mol. The van der Waals surface area contributed by atoms with Gasteiger partial charge in [0, 0.05) is 62.5 Å². The van der Waals surface area contributed by atoms with Crippen LogP contribution < -0.4 is 14.2 Å². The van der Waals surface area contributed by atoms with Gasteiger partial charge in [0.2, 0.25) is 0 Å². The van der Waals surface area contributed by atoms with Gasteiger partial charge in [-0.3, -0.25) is 14.7 Å². The lowest BCUT2D eigenvalue weighted by Crippen LogP contribution is -2.43. The van der Waals surface area contributed by atoms with Crippen LogP contribution in [0.2, 0.25) is 0 Å². The summed E-state index contributed by atoms with van der Waals surface area (Å²) in [7, 11) is 1.54. The minimum absolute atomic E-state index is 0. The number of carboxylic acid groups (broad SMARTS) is 1. The molecular formula is C79H129N5O6. The smallest absolute Gasteiger partial charge is 0.335 e. The molecule has 11 nitrogen and oxygen atoms in total. The summed E-state index contributed by atoms with van der Waals surface area (Å²) in [6.07, 6.45) is 4.11. The van der Waals surface area contributed by atoms with Crippen molar-refractivity contribution in [3.05, 3.63) is 173 Å². The second-order valence-corrected chi connectivity index (χ2v) is 28.6. The van der Waals surface area contributed by atoms with Gasteiger partial charge in [-0.05, 0) is 190 Å². The fraction of sp³-hybridized carbons (Fsp3) is 0.557. The van der Waals surface area contributed by atoms with E-state index in [2.05, 4.69) is 183 Å². The highest BCUT2D eigenvalue weighted by Gasteiger charge is 2.59. The number of hydrogen-bond acceptors (Lipinski definition) is 10. The van der Waals surface area contributed by atoms with Gasteiger partial charge in [0.25, 0.3) is 0 Å². The van der Waals surface area contributed by atoms with E-state index in [0.29, 0.717) is 46.3 Å². The third kappa shape index (κ3) is 34.6. The first kappa shape index (κ1) is 90.0. The number of carbonyl (C=O) groups is 1. The quantitative estimate of drug-likeness (QED) is 0.122. The molecule has 11 heteroatoms. The molecule has 0 aromatic heterocycles. The van der Waals surface area contributed by atoms with E-state index in [9.17, 15) is 4.79 Å². The Labute approximate surface area is 552 Å². The second kappa shape index (κ2) is 40.4. The minimum atomic E-state index is -0.940. The highest BCUT2D eigenvalue weighted by molar-refractivity contribution is 5.88. The van der Waals surface area contributed by atoms with E-state index < -0.39 is 5.97 Å². The Morgan fingerprint density at radius 1 is 0.600 bits per heavy atom. The predicted octanol–water partition coefficient (Wildman–Crippen LogP) is 20.0. The van der Waals surface area contributed by atoms with Gasteiger partial charge in [-0.2, -0.15) is 10.5 Å². The van der Waals surface area contributed by atoms with Crippen LogP contribution >= 0.6 is 0 Å². The number of nitriles is 2. The van der Waals surface area contributed by atoms with Crippen LogP contribution in [0, 0.1) is 51.2 Å². The van der Waals surface area contributed by atoms with E-state index in [1.807, 2.05) is 65.8 Å². The van der Waals surface area contributed by atoms with Gasteiger partial charge in [0.15, 0.2) is 0 Å². The van der Waals surface area contributed by atoms with Crippen molar-refractivity contribution < 1.29 is 29.2 Å². The number of aliphatic hydroxyl groups is 1. The zero-order valence-electron chi connectivity index (χ0n) is 54.8. The minimum Gasteiger partial charge on any atom is -0.495 e. The maximum atomic E-state index is 10.7. The first-order valence-corrected chi connectivity index (χ1v) is 29.8. The number of nitrogens with zero attached hydrogens (tertiary/aromatic N) is 5. The van der Waals surface area contributed by atoms with Crippen molar-refractivity contribution in [2.24, 2.45) is 28.6 Å². The van der Waals surface area contributed by atoms with Crippen molar-refractivity contribution in [1.82, 2.24) is 14.7 Å². The molecule has 2 heterocycles. The Balaban J connectivity index is -0.000000509. The lowest BCUT2D eigenvalue weighted by molar-refractivity contribution is 0.0694. The molecule has 8 rings (SSSR count). The van der Waals surface area contributed by atoms with Crippen molar-refractivity contribution in [2.75, 3.05) is 39.9 Å². The summed E-state index contributed by atoms with van der Waals surface area (Å²) in [5.74, 6) is 3.12. The number of allylic oxidation sites excluding steroid dienone is 1. The van der Waals surface area contributed by atoms with Gasteiger partial charge in [-0.25, -0.2) is 4.79 Å². The first-order valence-electron chi connectivity index (χ1n) is 29.8. The number of carboxylic acids is 1. The average molecular weight is 1240 g/mol. The van der Waals surface area contributed by atoms with Crippen LogP contribution in [0.15, 0.2) is 140 Å². The molecule has 5 aromatic rings. The highest BCUT2D eigenvalue weighted by atomic mass is 16.5. The molecule has 506 valence electrons. The van der Waals surface area contributed by atoms with Crippen LogP contribution in [-0.4, -0.2) is 99.1 Å². The lowest BCUT2D eigenvalue weighted by Gasteiger charge is -2.35. The molecule has 4 atom stereocenters. The fourth-order valence-electron chi connectivity index (χ4n) is 9.68. The van der Waals surface area contributed by atoms with Crippen LogP contribution in [0.1, 0.15) is 214 Å². The number of rotatable bonds is 11. The van der Waals surface area contributed by atoms with E-state index in [4.69, 9.17) is 34.9 Å². The second-order valence-electron chi connectivity index (χ2n) is 28.6.